The van der Waals surface area contributed by atoms with E-state index in [-0.39, 0.29) is 57.1 Å². The van der Waals surface area contributed by atoms with Gasteiger partial charge in [-0.25, -0.2) is 0 Å². The number of allylic oxidation sites excluding steroid dienone is 5. The van der Waals surface area contributed by atoms with Gasteiger partial charge in [0, 0.05) is 51.3 Å². The molecule has 218 valence electrons. The SMILES string of the molecule is CC(C)O.CC(C)O.CC(C)[C@H](N/C=C1/C=CC=C(C(C)(C)C)C1=O)C(O)(c1ccccc1)c1ccccc1.[Ti]. The largest absolute Gasteiger partial charge is 0.394 e. The molecule has 0 unspecified atom stereocenters. The number of hydrogen-bond acceptors (Lipinski definition) is 5. The van der Waals surface area contributed by atoms with Crippen LogP contribution in [0.15, 0.2) is 96.2 Å². The maximum atomic E-state index is 13.1. The van der Waals surface area contributed by atoms with Crippen LogP contribution in [0.1, 0.15) is 73.4 Å². The van der Waals surface area contributed by atoms with Crippen molar-refractivity contribution in [3.63, 3.8) is 0 Å². The summed E-state index contributed by atoms with van der Waals surface area (Å²) >= 11 is 0. The average Bonchev–Trinajstić information content (AvgIpc) is 2.84. The minimum atomic E-state index is -1.27. The fourth-order valence-electron chi connectivity index (χ4n) is 4.14. The first-order valence-electron chi connectivity index (χ1n) is 13.7. The molecule has 4 N–H and O–H groups in total. The first kappa shape index (κ1) is 37.7. The Balaban J connectivity index is 0.00000149. The van der Waals surface area contributed by atoms with Crippen LogP contribution in [0.4, 0.5) is 0 Å². The molecule has 0 heterocycles. The quantitative estimate of drug-likeness (QED) is 0.237. The number of Topliss-reactive ketones (excluding diaryl/α,β-unsaturated/α-hetero) is 1. The summed E-state index contributed by atoms with van der Waals surface area (Å²) in [6, 6.07) is 19.1. The van der Waals surface area contributed by atoms with Crippen molar-refractivity contribution >= 4 is 5.78 Å². The van der Waals surface area contributed by atoms with Crippen molar-refractivity contribution in [2.45, 2.75) is 86.2 Å². The number of hydrogen-bond donors (Lipinski definition) is 4. The summed E-state index contributed by atoms with van der Waals surface area (Å²) in [5.74, 6) is 0.107. The van der Waals surface area contributed by atoms with Gasteiger partial charge in [0.2, 0.25) is 0 Å². The van der Waals surface area contributed by atoms with Crippen molar-refractivity contribution < 1.29 is 41.8 Å². The van der Waals surface area contributed by atoms with Gasteiger partial charge in [0.05, 0.1) is 6.04 Å². The van der Waals surface area contributed by atoms with E-state index >= 15 is 0 Å². The second-order valence-corrected chi connectivity index (χ2v) is 11.7. The molecule has 1 atom stereocenters. The Morgan fingerprint density at radius 3 is 1.52 bits per heavy atom. The number of carbonyl (C=O) groups is 1. The van der Waals surface area contributed by atoms with Gasteiger partial charge in [-0.15, -0.1) is 0 Å². The molecular weight excluding hydrogens is 534 g/mol. The summed E-state index contributed by atoms with van der Waals surface area (Å²) in [6.45, 7) is 17.2. The molecule has 0 saturated carbocycles. The zero-order valence-electron chi connectivity index (χ0n) is 25.6. The molecule has 1 aliphatic rings. The van der Waals surface area contributed by atoms with Gasteiger partial charge in [0.1, 0.15) is 5.60 Å². The smallest absolute Gasteiger partial charge is 0.190 e. The van der Waals surface area contributed by atoms with Gasteiger partial charge in [-0.3, -0.25) is 4.79 Å². The van der Waals surface area contributed by atoms with Crippen molar-refractivity contribution in [1.82, 2.24) is 5.32 Å². The van der Waals surface area contributed by atoms with E-state index in [1.54, 1.807) is 33.9 Å². The summed E-state index contributed by atoms with van der Waals surface area (Å²) in [7, 11) is 0. The third-order valence-corrected chi connectivity index (χ3v) is 5.82. The van der Waals surface area contributed by atoms with E-state index in [9.17, 15) is 9.90 Å². The Morgan fingerprint density at radius 1 is 0.775 bits per heavy atom. The molecule has 0 aromatic heterocycles. The van der Waals surface area contributed by atoms with Gasteiger partial charge >= 0.3 is 0 Å². The van der Waals surface area contributed by atoms with E-state index in [1.165, 1.54) is 0 Å². The summed E-state index contributed by atoms with van der Waals surface area (Å²) in [5, 5.41) is 31.7. The van der Waals surface area contributed by atoms with Crippen LogP contribution in [-0.4, -0.2) is 39.4 Å². The standard InChI is InChI=1S/C28H33NO2.2C3H8O.Ti/c1-20(2)26(29-19-21-13-12-18-24(25(21)30)27(3,4)5)28(31,22-14-8-6-9-15-22)23-16-10-7-11-17-23;2*1-3(2)4;/h6-20,26,29,31H,1-5H3;2*3-4H,1-2H3;/b21-19-;;;/t26-;;;/m0.../s1. The van der Waals surface area contributed by atoms with Crippen LogP contribution in [-0.2, 0) is 32.1 Å². The van der Waals surface area contributed by atoms with E-state index in [1.807, 2.05) is 99.7 Å². The van der Waals surface area contributed by atoms with Gasteiger partial charge in [0.25, 0.3) is 0 Å². The number of aliphatic hydroxyl groups excluding tert-OH is 2. The van der Waals surface area contributed by atoms with Crippen LogP contribution in [0.3, 0.4) is 0 Å². The second kappa shape index (κ2) is 17.5. The van der Waals surface area contributed by atoms with E-state index in [0.717, 1.165) is 16.7 Å². The minimum Gasteiger partial charge on any atom is -0.394 e. The number of benzene rings is 2. The van der Waals surface area contributed by atoms with E-state index in [2.05, 4.69) is 19.2 Å². The number of nitrogens with one attached hydrogen (secondary N) is 1. The molecule has 0 spiro atoms. The molecule has 1 aliphatic carbocycles. The number of rotatable bonds is 6. The fraction of sp³-hybridized carbons (Fsp3) is 0.441. The molecule has 6 heteroatoms. The molecular formula is C34H49NO4Ti. The predicted octanol–water partition coefficient (Wildman–Crippen LogP) is 6.30. The van der Waals surface area contributed by atoms with Crippen molar-refractivity contribution in [2.75, 3.05) is 0 Å². The van der Waals surface area contributed by atoms with E-state index in [0.29, 0.717) is 5.57 Å². The topological polar surface area (TPSA) is 89.8 Å². The van der Waals surface area contributed by atoms with Gasteiger partial charge in [0.15, 0.2) is 5.78 Å². The van der Waals surface area contributed by atoms with Gasteiger partial charge in [-0.1, -0.05) is 107 Å². The van der Waals surface area contributed by atoms with E-state index < -0.39 is 5.60 Å². The third kappa shape index (κ3) is 11.7. The molecule has 0 bridgehead atoms. The molecule has 40 heavy (non-hydrogen) atoms. The van der Waals surface area contributed by atoms with Gasteiger partial charge < -0.3 is 20.6 Å². The molecule has 0 amide bonds. The zero-order chi connectivity index (χ0) is 29.8. The summed E-state index contributed by atoms with van der Waals surface area (Å²) in [4.78, 5) is 13.1. The second-order valence-electron chi connectivity index (χ2n) is 11.7. The minimum absolute atomic E-state index is 0. The van der Waals surface area contributed by atoms with Crippen molar-refractivity contribution in [1.29, 1.82) is 0 Å². The van der Waals surface area contributed by atoms with Crippen LogP contribution >= 0.6 is 0 Å². The van der Waals surface area contributed by atoms with Crippen LogP contribution < -0.4 is 5.32 Å². The normalized spacial score (nSPS) is 15.0. The number of aliphatic hydroxyl groups is 3. The summed E-state index contributed by atoms with van der Waals surface area (Å²) in [5.41, 5.74) is 1.51. The maximum absolute atomic E-state index is 13.1. The molecule has 0 saturated heterocycles. The summed E-state index contributed by atoms with van der Waals surface area (Å²) < 4.78 is 0. The van der Waals surface area contributed by atoms with Crippen molar-refractivity contribution in [3.05, 3.63) is 107 Å². The van der Waals surface area contributed by atoms with Crippen LogP contribution in [0.2, 0.25) is 0 Å². The Morgan fingerprint density at radius 2 is 1.18 bits per heavy atom. The van der Waals surface area contributed by atoms with Crippen molar-refractivity contribution in [3.8, 4) is 0 Å². The van der Waals surface area contributed by atoms with E-state index in [4.69, 9.17) is 10.2 Å². The average molecular weight is 584 g/mol. The molecule has 3 rings (SSSR count). The monoisotopic (exact) mass is 583 g/mol. The number of carbonyl (C=O) groups excluding carboxylic acids is 1. The zero-order valence-corrected chi connectivity index (χ0v) is 27.2. The molecule has 2 aromatic rings. The Kier molecular flexibility index (Phi) is 16.5. The Hall–Kier alpha value is -2.28. The summed E-state index contributed by atoms with van der Waals surface area (Å²) in [6.07, 6.45) is 7.06. The maximum Gasteiger partial charge on any atom is 0.190 e. The Bertz CT molecular complexity index is 1050. The molecule has 2 aromatic carbocycles. The van der Waals surface area contributed by atoms with Gasteiger partial charge in [-0.2, -0.15) is 0 Å². The first-order valence-corrected chi connectivity index (χ1v) is 13.7. The van der Waals surface area contributed by atoms with Gasteiger partial charge in [-0.05, 0) is 56.2 Å². The molecule has 5 nitrogen and oxygen atoms in total. The molecule has 0 aliphatic heterocycles. The van der Waals surface area contributed by atoms with Crippen LogP contribution in [0.25, 0.3) is 0 Å². The van der Waals surface area contributed by atoms with Crippen LogP contribution in [0, 0.1) is 11.3 Å². The van der Waals surface area contributed by atoms with Crippen molar-refractivity contribution in [2.24, 2.45) is 11.3 Å². The fourth-order valence-corrected chi connectivity index (χ4v) is 4.14. The van der Waals surface area contributed by atoms with Crippen LogP contribution in [0.5, 0.6) is 0 Å². The first-order chi connectivity index (χ1) is 18.1. The predicted molar refractivity (Wildman–Crippen MR) is 162 cm³/mol. The molecule has 0 fully saturated rings. The Labute approximate surface area is 257 Å². The number of ketones is 1. The molecule has 0 radical (unpaired) electrons. The third-order valence-electron chi connectivity index (χ3n) is 5.82.